The van der Waals surface area contributed by atoms with Crippen molar-refractivity contribution >= 4 is 5.70 Å². The number of hydrogen-bond donors (Lipinski definition) is 1. The molecule has 0 spiro atoms. The van der Waals surface area contributed by atoms with Gasteiger partial charge in [-0.1, -0.05) is 19.6 Å². The van der Waals surface area contributed by atoms with Gasteiger partial charge in [-0.3, -0.25) is 0 Å². The lowest BCUT2D eigenvalue weighted by molar-refractivity contribution is 0.938. The van der Waals surface area contributed by atoms with E-state index < -0.39 is 0 Å². The third-order valence-electron chi connectivity index (χ3n) is 2.78. The number of aryl methyl sites for hydroxylation is 3. The van der Waals surface area contributed by atoms with Crippen LogP contribution in [0.25, 0.3) is 5.70 Å². The van der Waals surface area contributed by atoms with Gasteiger partial charge in [-0.2, -0.15) is 0 Å². The van der Waals surface area contributed by atoms with Crippen molar-refractivity contribution in [2.24, 2.45) is 0 Å². The lowest BCUT2D eigenvalue weighted by atomic mass is 9.97. The fourth-order valence-corrected chi connectivity index (χ4v) is 1.91. The Bertz CT molecular complexity index is 364. The van der Waals surface area contributed by atoms with Crippen molar-refractivity contribution in [3.05, 3.63) is 41.0 Å². The van der Waals surface area contributed by atoms with E-state index >= 15 is 0 Å². The van der Waals surface area contributed by atoms with Gasteiger partial charge < -0.3 is 5.32 Å². The minimum atomic E-state index is 0.924. The SMILES string of the molecule is C=C(NCC)c1cc(CC)c(C)cc1C. The maximum absolute atomic E-state index is 4.07. The highest BCUT2D eigenvalue weighted by Crippen LogP contribution is 2.20. The van der Waals surface area contributed by atoms with Gasteiger partial charge in [0.15, 0.2) is 0 Å². The Hall–Kier alpha value is -1.24. The Labute approximate surface area is 93.2 Å². The van der Waals surface area contributed by atoms with E-state index in [0.29, 0.717) is 0 Å². The zero-order valence-electron chi connectivity index (χ0n) is 10.3. The van der Waals surface area contributed by atoms with Crippen LogP contribution in [-0.2, 0) is 6.42 Å². The first-order valence-electron chi connectivity index (χ1n) is 5.63. The molecule has 1 N–H and O–H groups in total. The lowest BCUT2D eigenvalue weighted by Crippen LogP contribution is -2.11. The minimum absolute atomic E-state index is 0.924. The molecule has 0 heterocycles. The van der Waals surface area contributed by atoms with Gasteiger partial charge in [0.1, 0.15) is 0 Å². The standard InChI is InChI=1S/C14H21N/c1-6-13-9-14(12(5)15-7-2)11(4)8-10(13)3/h8-9,15H,5-7H2,1-4H3. The monoisotopic (exact) mass is 203 g/mol. The number of nitrogens with one attached hydrogen (secondary N) is 1. The van der Waals surface area contributed by atoms with Gasteiger partial charge in [-0.25, -0.2) is 0 Å². The summed E-state index contributed by atoms with van der Waals surface area (Å²) in [7, 11) is 0. The fraction of sp³-hybridized carbons (Fsp3) is 0.429. The van der Waals surface area contributed by atoms with E-state index in [1.54, 1.807) is 0 Å². The van der Waals surface area contributed by atoms with E-state index in [-0.39, 0.29) is 0 Å². The summed E-state index contributed by atoms with van der Waals surface area (Å²) in [5.74, 6) is 0. The second kappa shape index (κ2) is 5.01. The van der Waals surface area contributed by atoms with E-state index in [2.05, 4.69) is 51.7 Å². The first kappa shape index (κ1) is 11.8. The van der Waals surface area contributed by atoms with Gasteiger partial charge in [0.25, 0.3) is 0 Å². The summed E-state index contributed by atoms with van der Waals surface area (Å²) < 4.78 is 0. The molecule has 0 atom stereocenters. The number of hydrogen-bond acceptors (Lipinski definition) is 1. The van der Waals surface area contributed by atoms with Crippen LogP contribution < -0.4 is 5.32 Å². The molecule has 0 aliphatic rings. The Morgan fingerprint density at radius 1 is 1.20 bits per heavy atom. The van der Waals surface area contributed by atoms with Crippen molar-refractivity contribution in [3.63, 3.8) is 0 Å². The molecular formula is C14H21N. The second-order valence-electron chi connectivity index (χ2n) is 3.96. The van der Waals surface area contributed by atoms with Crippen molar-refractivity contribution in [2.75, 3.05) is 6.54 Å². The molecule has 0 aromatic heterocycles. The van der Waals surface area contributed by atoms with Gasteiger partial charge in [-0.15, -0.1) is 0 Å². The summed E-state index contributed by atoms with van der Waals surface area (Å²) in [6.45, 7) is 13.6. The Morgan fingerprint density at radius 2 is 1.87 bits per heavy atom. The van der Waals surface area contributed by atoms with Crippen molar-refractivity contribution in [1.29, 1.82) is 0 Å². The Kier molecular flexibility index (Phi) is 3.96. The van der Waals surface area contributed by atoms with Gasteiger partial charge in [0, 0.05) is 17.8 Å². The Balaban J connectivity index is 3.12. The van der Waals surface area contributed by atoms with Crippen molar-refractivity contribution in [2.45, 2.75) is 34.1 Å². The van der Waals surface area contributed by atoms with Crippen molar-refractivity contribution in [1.82, 2.24) is 5.32 Å². The molecule has 82 valence electrons. The van der Waals surface area contributed by atoms with Gasteiger partial charge in [-0.05, 0) is 49.9 Å². The van der Waals surface area contributed by atoms with Crippen molar-refractivity contribution < 1.29 is 0 Å². The summed E-state index contributed by atoms with van der Waals surface area (Å²) in [5.41, 5.74) is 6.37. The summed E-state index contributed by atoms with van der Waals surface area (Å²) in [5, 5.41) is 3.28. The first-order valence-corrected chi connectivity index (χ1v) is 5.63. The quantitative estimate of drug-likeness (QED) is 0.790. The molecule has 0 aliphatic heterocycles. The fourth-order valence-electron chi connectivity index (χ4n) is 1.91. The van der Waals surface area contributed by atoms with Crippen LogP contribution in [0.3, 0.4) is 0 Å². The maximum atomic E-state index is 4.07. The largest absolute Gasteiger partial charge is 0.385 e. The van der Waals surface area contributed by atoms with Crippen LogP contribution in [0.4, 0.5) is 0 Å². The lowest BCUT2D eigenvalue weighted by Gasteiger charge is -2.14. The van der Waals surface area contributed by atoms with Crippen LogP contribution >= 0.6 is 0 Å². The predicted octanol–water partition coefficient (Wildman–Crippen LogP) is 3.45. The second-order valence-corrected chi connectivity index (χ2v) is 3.96. The summed E-state index contributed by atoms with van der Waals surface area (Å²) in [6.07, 6.45) is 1.08. The zero-order valence-corrected chi connectivity index (χ0v) is 10.3. The molecule has 1 rings (SSSR count). The summed E-state index contributed by atoms with van der Waals surface area (Å²) >= 11 is 0. The van der Waals surface area contributed by atoms with Crippen LogP contribution in [0.5, 0.6) is 0 Å². The molecule has 0 saturated carbocycles. The van der Waals surface area contributed by atoms with Crippen LogP contribution in [0.2, 0.25) is 0 Å². The molecule has 1 aromatic carbocycles. The number of rotatable bonds is 4. The highest BCUT2D eigenvalue weighted by molar-refractivity contribution is 5.66. The molecule has 15 heavy (non-hydrogen) atoms. The smallest absolute Gasteiger partial charge is 0.0343 e. The molecule has 0 unspecified atom stereocenters. The molecule has 0 bridgehead atoms. The molecule has 0 radical (unpaired) electrons. The molecule has 1 aromatic rings. The summed E-state index contributed by atoms with van der Waals surface area (Å²) in [4.78, 5) is 0. The van der Waals surface area contributed by atoms with E-state index in [9.17, 15) is 0 Å². The zero-order chi connectivity index (χ0) is 11.4. The Morgan fingerprint density at radius 3 is 2.40 bits per heavy atom. The molecular weight excluding hydrogens is 182 g/mol. The van der Waals surface area contributed by atoms with Crippen LogP contribution in [0, 0.1) is 13.8 Å². The molecule has 0 amide bonds. The molecule has 0 aliphatic carbocycles. The molecule has 1 heteroatoms. The maximum Gasteiger partial charge on any atom is 0.0343 e. The molecule has 0 fully saturated rings. The third-order valence-corrected chi connectivity index (χ3v) is 2.78. The van der Waals surface area contributed by atoms with Gasteiger partial charge in [0.05, 0.1) is 0 Å². The third kappa shape index (κ3) is 2.62. The molecule has 0 saturated heterocycles. The highest BCUT2D eigenvalue weighted by atomic mass is 14.9. The average molecular weight is 203 g/mol. The summed E-state index contributed by atoms with van der Waals surface area (Å²) in [6, 6.07) is 4.51. The van der Waals surface area contributed by atoms with Crippen molar-refractivity contribution in [3.8, 4) is 0 Å². The normalized spacial score (nSPS) is 10.1. The van der Waals surface area contributed by atoms with E-state index in [0.717, 1.165) is 18.7 Å². The average Bonchev–Trinajstić information content (AvgIpc) is 2.18. The number of benzene rings is 1. The topological polar surface area (TPSA) is 12.0 Å². The van der Waals surface area contributed by atoms with E-state index in [1.807, 2.05) is 0 Å². The highest BCUT2D eigenvalue weighted by Gasteiger charge is 2.05. The molecule has 1 nitrogen and oxygen atoms in total. The minimum Gasteiger partial charge on any atom is -0.385 e. The van der Waals surface area contributed by atoms with Gasteiger partial charge in [0.2, 0.25) is 0 Å². The first-order chi connectivity index (χ1) is 7.10. The van der Waals surface area contributed by atoms with E-state index in [1.165, 1.54) is 22.3 Å². The van der Waals surface area contributed by atoms with E-state index in [4.69, 9.17) is 0 Å². The van der Waals surface area contributed by atoms with Crippen LogP contribution in [-0.4, -0.2) is 6.54 Å². The van der Waals surface area contributed by atoms with Gasteiger partial charge >= 0.3 is 0 Å². The van der Waals surface area contributed by atoms with Crippen LogP contribution in [0.15, 0.2) is 18.7 Å². The predicted molar refractivity (Wildman–Crippen MR) is 68.0 cm³/mol. The van der Waals surface area contributed by atoms with Crippen LogP contribution in [0.1, 0.15) is 36.1 Å².